The molecule has 0 saturated carbocycles. The minimum atomic E-state index is -3.32. The first-order valence-electron chi connectivity index (χ1n) is 5.01. The second kappa shape index (κ2) is 4.09. The Morgan fingerprint density at radius 2 is 2.00 bits per heavy atom. The lowest BCUT2D eigenvalue weighted by Gasteiger charge is -2.27. The number of nitrogens with one attached hydrogen (secondary N) is 2. The Labute approximate surface area is 90.7 Å². The van der Waals surface area contributed by atoms with Gasteiger partial charge in [-0.3, -0.25) is 4.79 Å². The lowest BCUT2D eigenvalue weighted by molar-refractivity contribution is -0.122. The van der Waals surface area contributed by atoms with Crippen LogP contribution >= 0.6 is 0 Å². The van der Waals surface area contributed by atoms with Crippen molar-refractivity contribution in [3.05, 3.63) is 0 Å². The van der Waals surface area contributed by atoms with Crippen LogP contribution in [0.2, 0.25) is 0 Å². The fourth-order valence-corrected chi connectivity index (χ4v) is 2.22. The van der Waals surface area contributed by atoms with Gasteiger partial charge in [0.05, 0.1) is 4.75 Å². The summed E-state index contributed by atoms with van der Waals surface area (Å²) in [6.07, 6.45) is 0.957. The van der Waals surface area contributed by atoms with Gasteiger partial charge in [-0.1, -0.05) is 0 Å². The lowest BCUT2D eigenvalue weighted by Crippen LogP contribution is -2.51. The maximum absolute atomic E-state index is 11.8. The molecule has 15 heavy (non-hydrogen) atoms. The molecule has 1 unspecified atom stereocenters. The highest BCUT2D eigenvalue weighted by Gasteiger charge is 2.32. The van der Waals surface area contributed by atoms with Gasteiger partial charge in [0, 0.05) is 19.0 Å². The van der Waals surface area contributed by atoms with E-state index in [1.807, 2.05) is 0 Å². The average Bonchev–Trinajstić information content (AvgIpc) is 2.06. The number of amides is 1. The van der Waals surface area contributed by atoms with E-state index in [0.717, 1.165) is 0 Å². The van der Waals surface area contributed by atoms with Crippen LogP contribution in [0.25, 0.3) is 0 Å². The summed E-state index contributed by atoms with van der Waals surface area (Å²) < 4.78 is 25.4. The minimum absolute atomic E-state index is 0.0128. The molecule has 1 fully saturated rings. The fraction of sp³-hybridized carbons (Fsp3) is 0.889. The van der Waals surface area contributed by atoms with Crippen LogP contribution < -0.4 is 10.0 Å². The molecule has 1 saturated heterocycles. The molecule has 1 rings (SSSR count). The Morgan fingerprint density at radius 3 is 2.40 bits per heavy atom. The minimum Gasteiger partial charge on any atom is -0.355 e. The van der Waals surface area contributed by atoms with Gasteiger partial charge in [0.25, 0.3) is 0 Å². The monoisotopic (exact) mass is 234 g/mol. The third kappa shape index (κ3) is 3.17. The first-order valence-corrected chi connectivity index (χ1v) is 6.49. The van der Waals surface area contributed by atoms with Gasteiger partial charge in [-0.15, -0.1) is 0 Å². The van der Waals surface area contributed by atoms with E-state index in [9.17, 15) is 13.2 Å². The summed E-state index contributed by atoms with van der Waals surface area (Å²) in [5.74, 6) is -0.0128. The molecule has 1 aliphatic rings. The van der Waals surface area contributed by atoms with Crippen molar-refractivity contribution in [2.24, 2.45) is 0 Å². The summed E-state index contributed by atoms with van der Waals surface area (Å²) in [5, 5.41) is 2.64. The molecule has 0 spiro atoms. The van der Waals surface area contributed by atoms with Crippen molar-refractivity contribution in [2.45, 2.75) is 44.4 Å². The van der Waals surface area contributed by atoms with Crippen molar-refractivity contribution in [2.75, 3.05) is 6.54 Å². The summed E-state index contributed by atoms with van der Waals surface area (Å²) in [6.45, 7) is 5.33. The molecule has 0 radical (unpaired) electrons. The van der Waals surface area contributed by atoms with E-state index >= 15 is 0 Å². The van der Waals surface area contributed by atoms with Crippen LogP contribution in [0.4, 0.5) is 0 Å². The van der Waals surface area contributed by atoms with Gasteiger partial charge in [-0.05, 0) is 27.2 Å². The molecule has 0 aromatic heterocycles. The highest BCUT2D eigenvalue weighted by molar-refractivity contribution is 7.90. The lowest BCUT2D eigenvalue weighted by atomic mass is 10.1. The van der Waals surface area contributed by atoms with Crippen molar-refractivity contribution < 1.29 is 13.2 Å². The molecule has 1 aliphatic heterocycles. The SMILES string of the molecule is CC(C)(C)S(=O)(=O)NC1CCC(=O)NC1. The topological polar surface area (TPSA) is 75.3 Å². The van der Waals surface area contributed by atoms with Gasteiger partial charge < -0.3 is 5.32 Å². The van der Waals surface area contributed by atoms with Gasteiger partial charge in [0.1, 0.15) is 0 Å². The average molecular weight is 234 g/mol. The van der Waals surface area contributed by atoms with Crippen LogP contribution in [0.1, 0.15) is 33.6 Å². The number of carbonyl (C=O) groups is 1. The standard InChI is InChI=1S/C9H18N2O3S/c1-9(2,3)15(13,14)11-7-4-5-8(12)10-6-7/h7,11H,4-6H2,1-3H3,(H,10,12). The summed E-state index contributed by atoms with van der Waals surface area (Å²) in [6, 6.07) is -0.174. The molecule has 2 N–H and O–H groups in total. The fourth-order valence-electron chi connectivity index (χ4n) is 1.23. The van der Waals surface area contributed by atoms with Crippen LogP contribution in [0.15, 0.2) is 0 Å². The number of piperidine rings is 1. The van der Waals surface area contributed by atoms with Crippen molar-refractivity contribution in [3.63, 3.8) is 0 Å². The molecular weight excluding hydrogens is 216 g/mol. The quantitative estimate of drug-likeness (QED) is 0.705. The molecule has 88 valence electrons. The van der Waals surface area contributed by atoms with Gasteiger partial charge in [0.15, 0.2) is 0 Å². The zero-order valence-corrected chi connectivity index (χ0v) is 10.1. The maximum atomic E-state index is 11.8. The Kier molecular flexibility index (Phi) is 3.40. The largest absolute Gasteiger partial charge is 0.355 e. The summed E-state index contributed by atoms with van der Waals surface area (Å²) >= 11 is 0. The van der Waals surface area contributed by atoms with Gasteiger partial charge in [-0.25, -0.2) is 13.1 Å². The summed E-state index contributed by atoms with van der Waals surface area (Å²) in [4.78, 5) is 10.9. The molecule has 1 heterocycles. The first kappa shape index (κ1) is 12.4. The van der Waals surface area contributed by atoms with Crippen LogP contribution in [0, 0.1) is 0 Å². The Balaban J connectivity index is 2.60. The van der Waals surface area contributed by atoms with Gasteiger partial charge in [0.2, 0.25) is 15.9 Å². The zero-order chi connectivity index (χ0) is 11.7. The molecule has 0 aliphatic carbocycles. The Hall–Kier alpha value is -0.620. The third-order valence-corrected chi connectivity index (χ3v) is 4.65. The Bertz CT molecular complexity index is 333. The van der Waals surface area contributed by atoms with Crippen molar-refractivity contribution >= 4 is 15.9 Å². The second-order valence-electron chi connectivity index (χ2n) is 4.77. The van der Waals surface area contributed by atoms with Crippen molar-refractivity contribution in [1.29, 1.82) is 0 Å². The van der Waals surface area contributed by atoms with E-state index in [-0.39, 0.29) is 11.9 Å². The molecule has 6 heteroatoms. The Morgan fingerprint density at radius 1 is 1.40 bits per heavy atom. The van der Waals surface area contributed by atoms with Gasteiger partial charge >= 0.3 is 0 Å². The molecular formula is C9H18N2O3S. The summed E-state index contributed by atoms with van der Waals surface area (Å²) in [7, 11) is -3.32. The molecule has 0 bridgehead atoms. The van der Waals surface area contributed by atoms with Crippen LogP contribution in [-0.2, 0) is 14.8 Å². The van der Waals surface area contributed by atoms with Gasteiger partial charge in [-0.2, -0.15) is 0 Å². The molecule has 0 aromatic rings. The van der Waals surface area contributed by atoms with E-state index in [1.54, 1.807) is 20.8 Å². The smallest absolute Gasteiger partial charge is 0.220 e. The van der Waals surface area contributed by atoms with E-state index in [4.69, 9.17) is 0 Å². The van der Waals surface area contributed by atoms with Crippen LogP contribution in [-0.4, -0.2) is 31.7 Å². The highest BCUT2D eigenvalue weighted by Crippen LogP contribution is 2.15. The molecule has 1 amide bonds. The predicted octanol–water partition coefficient (Wildman–Crippen LogP) is -0.0171. The second-order valence-corrected chi connectivity index (χ2v) is 7.24. The number of sulfonamides is 1. The predicted molar refractivity (Wildman–Crippen MR) is 57.8 cm³/mol. The molecule has 1 atom stereocenters. The molecule has 5 nitrogen and oxygen atoms in total. The van der Waals surface area contributed by atoms with E-state index in [1.165, 1.54) is 0 Å². The highest BCUT2D eigenvalue weighted by atomic mass is 32.2. The normalized spacial score (nSPS) is 23.7. The van der Waals surface area contributed by atoms with Crippen molar-refractivity contribution in [1.82, 2.24) is 10.0 Å². The first-order chi connectivity index (χ1) is 6.72. The van der Waals surface area contributed by atoms with Crippen LogP contribution in [0.3, 0.4) is 0 Å². The van der Waals surface area contributed by atoms with E-state index in [2.05, 4.69) is 10.0 Å². The third-order valence-electron chi connectivity index (χ3n) is 2.39. The summed E-state index contributed by atoms with van der Waals surface area (Å²) in [5.41, 5.74) is 0. The number of carbonyl (C=O) groups excluding carboxylic acids is 1. The number of hydrogen-bond acceptors (Lipinski definition) is 3. The zero-order valence-electron chi connectivity index (χ0n) is 9.33. The van der Waals surface area contributed by atoms with Crippen LogP contribution in [0.5, 0.6) is 0 Å². The van der Waals surface area contributed by atoms with E-state index in [0.29, 0.717) is 19.4 Å². The number of rotatable bonds is 2. The van der Waals surface area contributed by atoms with Crippen molar-refractivity contribution in [3.8, 4) is 0 Å². The van der Waals surface area contributed by atoms with E-state index < -0.39 is 14.8 Å². The molecule has 0 aromatic carbocycles. The maximum Gasteiger partial charge on any atom is 0.220 e. The number of hydrogen-bond donors (Lipinski definition) is 2.